The zero-order chi connectivity index (χ0) is 17.0. The molecule has 1 aromatic carbocycles. The van der Waals surface area contributed by atoms with E-state index in [-0.39, 0.29) is 10.6 Å². The molecule has 0 bridgehead atoms. The highest BCUT2D eigenvalue weighted by Gasteiger charge is 2.13. The van der Waals surface area contributed by atoms with Crippen LogP contribution in [0.5, 0.6) is 0 Å². The number of fused-ring (bicyclic) bond motifs is 1. The number of carbonyl (C=O) groups excluding carboxylic acids is 1. The minimum absolute atomic E-state index is 0.125. The number of esters is 1. The third-order valence-electron chi connectivity index (χ3n) is 3.58. The van der Waals surface area contributed by atoms with Gasteiger partial charge in [0, 0.05) is 36.3 Å². The highest BCUT2D eigenvalue weighted by molar-refractivity contribution is 6.36. The Kier molecular flexibility index (Phi) is 5.45. The molecule has 0 fully saturated rings. The van der Waals surface area contributed by atoms with Crippen molar-refractivity contribution in [3.8, 4) is 0 Å². The van der Waals surface area contributed by atoms with Crippen molar-refractivity contribution in [2.45, 2.75) is 13.8 Å². The summed E-state index contributed by atoms with van der Waals surface area (Å²) in [5.41, 5.74) is 0.902. The molecule has 0 saturated heterocycles. The maximum absolute atomic E-state index is 12.1. The normalized spacial score (nSPS) is 11.1. The average Bonchev–Trinajstić information content (AvgIpc) is 2.55. The molecule has 0 saturated carbocycles. The largest absolute Gasteiger partial charge is 0.466 e. The molecule has 0 aliphatic carbocycles. The van der Waals surface area contributed by atoms with Crippen LogP contribution in [0.2, 0.25) is 5.02 Å². The van der Waals surface area contributed by atoms with Crippen LogP contribution in [0.1, 0.15) is 19.4 Å². The summed E-state index contributed by atoms with van der Waals surface area (Å²) in [4.78, 5) is 25.4. The molecule has 2 rings (SSSR count). The molecule has 23 heavy (non-hydrogen) atoms. The van der Waals surface area contributed by atoms with E-state index >= 15 is 0 Å². The number of anilines is 1. The molecule has 1 heterocycles. The van der Waals surface area contributed by atoms with Gasteiger partial charge in [-0.15, -0.1) is 0 Å². The van der Waals surface area contributed by atoms with E-state index in [9.17, 15) is 9.59 Å². The number of hydrogen-bond acceptors (Lipinski definition) is 5. The molecule has 0 unspecified atom stereocenters. The fraction of sp³-hybridized carbons (Fsp3) is 0.294. The van der Waals surface area contributed by atoms with E-state index in [4.69, 9.17) is 16.0 Å². The number of methoxy groups -OCH3 is 1. The number of carbonyl (C=O) groups is 1. The molecule has 122 valence electrons. The number of benzene rings is 1. The van der Waals surface area contributed by atoms with Gasteiger partial charge in [0.05, 0.1) is 17.7 Å². The van der Waals surface area contributed by atoms with Crippen molar-refractivity contribution in [2.75, 3.05) is 25.1 Å². The van der Waals surface area contributed by atoms with Crippen molar-refractivity contribution >= 4 is 40.3 Å². The lowest BCUT2D eigenvalue weighted by Gasteiger charge is -2.21. The van der Waals surface area contributed by atoms with Gasteiger partial charge in [-0.25, -0.2) is 9.59 Å². The molecule has 0 aliphatic rings. The number of ether oxygens (including phenoxy) is 1. The van der Waals surface area contributed by atoms with Gasteiger partial charge in [0.25, 0.3) is 0 Å². The average molecular weight is 336 g/mol. The van der Waals surface area contributed by atoms with E-state index in [2.05, 4.69) is 23.5 Å². The number of halogens is 1. The summed E-state index contributed by atoms with van der Waals surface area (Å²) < 4.78 is 9.85. The molecule has 0 radical (unpaired) electrons. The first kappa shape index (κ1) is 17.1. The number of rotatable bonds is 5. The van der Waals surface area contributed by atoms with E-state index in [1.165, 1.54) is 13.2 Å². The molecule has 5 nitrogen and oxygen atoms in total. The predicted molar refractivity (Wildman–Crippen MR) is 92.1 cm³/mol. The second kappa shape index (κ2) is 7.33. The standard InChI is InChI=1S/C17H18ClNO4/c1-4-19(5-2)11-6-7-12-14(10-11)23-17(21)13(16(12)18)8-9-15(20)22-3/h6-10H,4-5H2,1-3H3/b9-8+. The molecule has 0 aliphatic heterocycles. The first-order chi connectivity index (χ1) is 11.0. The number of nitrogens with zero attached hydrogens (tertiary/aromatic N) is 1. The zero-order valence-electron chi connectivity index (χ0n) is 13.3. The van der Waals surface area contributed by atoms with Gasteiger partial charge in [-0.2, -0.15) is 0 Å². The van der Waals surface area contributed by atoms with E-state index in [0.717, 1.165) is 24.9 Å². The lowest BCUT2D eigenvalue weighted by Crippen LogP contribution is -2.21. The first-order valence-electron chi connectivity index (χ1n) is 7.29. The minimum Gasteiger partial charge on any atom is -0.466 e. The Morgan fingerprint density at radius 2 is 2.04 bits per heavy atom. The van der Waals surface area contributed by atoms with Crippen molar-refractivity contribution in [1.29, 1.82) is 0 Å². The smallest absolute Gasteiger partial charge is 0.345 e. The maximum Gasteiger partial charge on any atom is 0.345 e. The van der Waals surface area contributed by atoms with E-state index in [1.807, 2.05) is 12.1 Å². The summed E-state index contributed by atoms with van der Waals surface area (Å²) in [6.45, 7) is 5.80. The summed E-state index contributed by atoms with van der Waals surface area (Å²) in [5.74, 6) is -0.572. The van der Waals surface area contributed by atoms with Crippen LogP contribution in [0.3, 0.4) is 0 Å². The van der Waals surface area contributed by atoms with E-state index in [0.29, 0.717) is 11.0 Å². The van der Waals surface area contributed by atoms with Crippen molar-refractivity contribution in [2.24, 2.45) is 0 Å². The van der Waals surface area contributed by atoms with Gasteiger partial charge >= 0.3 is 11.6 Å². The fourth-order valence-electron chi connectivity index (χ4n) is 2.31. The zero-order valence-corrected chi connectivity index (χ0v) is 14.0. The van der Waals surface area contributed by atoms with Crippen molar-refractivity contribution in [1.82, 2.24) is 0 Å². The van der Waals surface area contributed by atoms with Crippen molar-refractivity contribution in [3.05, 3.63) is 45.3 Å². The van der Waals surface area contributed by atoms with Gasteiger partial charge in [0.1, 0.15) is 5.58 Å². The Hall–Kier alpha value is -2.27. The Labute approximate surface area is 139 Å². The summed E-state index contributed by atoms with van der Waals surface area (Å²) in [5, 5.41) is 0.870. The molecule has 0 atom stereocenters. The monoisotopic (exact) mass is 335 g/mol. The van der Waals surface area contributed by atoms with Crippen LogP contribution in [0.4, 0.5) is 5.69 Å². The van der Waals surface area contributed by atoms with Gasteiger partial charge < -0.3 is 14.1 Å². The van der Waals surface area contributed by atoms with Crippen LogP contribution in [0, 0.1) is 0 Å². The summed E-state index contributed by atoms with van der Waals surface area (Å²) in [6, 6.07) is 5.53. The predicted octanol–water partition coefficient (Wildman–Crippen LogP) is 3.48. The Morgan fingerprint density at radius 3 is 2.65 bits per heavy atom. The summed E-state index contributed by atoms with van der Waals surface area (Å²) >= 11 is 6.30. The molecular weight excluding hydrogens is 318 g/mol. The maximum atomic E-state index is 12.1. The van der Waals surface area contributed by atoms with Crippen molar-refractivity contribution < 1.29 is 13.9 Å². The van der Waals surface area contributed by atoms with Crippen LogP contribution in [0.25, 0.3) is 17.0 Å². The van der Waals surface area contributed by atoms with E-state index < -0.39 is 11.6 Å². The molecule has 1 aromatic heterocycles. The SMILES string of the molecule is CCN(CC)c1ccc2c(Cl)c(/C=C/C(=O)OC)c(=O)oc2c1. The van der Waals surface area contributed by atoms with Crippen LogP contribution in [-0.2, 0) is 9.53 Å². The summed E-state index contributed by atoms with van der Waals surface area (Å²) in [7, 11) is 1.26. The van der Waals surface area contributed by atoms with Gasteiger partial charge in [0.15, 0.2) is 0 Å². The summed E-state index contributed by atoms with van der Waals surface area (Å²) in [6.07, 6.45) is 2.44. The lowest BCUT2D eigenvalue weighted by molar-refractivity contribution is -0.134. The Balaban J connectivity index is 2.56. The minimum atomic E-state index is -0.598. The number of hydrogen-bond donors (Lipinski definition) is 0. The Bertz CT molecular complexity index is 806. The fourth-order valence-corrected chi connectivity index (χ4v) is 2.61. The molecule has 0 amide bonds. The van der Waals surface area contributed by atoms with Crippen LogP contribution < -0.4 is 10.5 Å². The van der Waals surface area contributed by atoms with Crippen LogP contribution >= 0.6 is 11.6 Å². The third kappa shape index (κ3) is 3.56. The van der Waals surface area contributed by atoms with Gasteiger partial charge in [0.2, 0.25) is 0 Å². The Morgan fingerprint density at radius 1 is 1.35 bits per heavy atom. The topological polar surface area (TPSA) is 59.8 Å². The molecule has 0 spiro atoms. The lowest BCUT2D eigenvalue weighted by atomic mass is 10.1. The highest BCUT2D eigenvalue weighted by Crippen LogP contribution is 2.29. The van der Waals surface area contributed by atoms with E-state index in [1.54, 1.807) is 6.07 Å². The van der Waals surface area contributed by atoms with Gasteiger partial charge in [-0.3, -0.25) is 0 Å². The molecule has 2 aromatic rings. The van der Waals surface area contributed by atoms with Gasteiger partial charge in [-0.05, 0) is 32.1 Å². The van der Waals surface area contributed by atoms with Gasteiger partial charge in [-0.1, -0.05) is 11.6 Å². The van der Waals surface area contributed by atoms with Crippen molar-refractivity contribution in [3.63, 3.8) is 0 Å². The second-order valence-electron chi connectivity index (χ2n) is 4.83. The third-order valence-corrected chi connectivity index (χ3v) is 3.98. The van der Waals surface area contributed by atoms with Crippen LogP contribution in [0.15, 0.2) is 33.5 Å². The molecular formula is C17H18ClNO4. The van der Waals surface area contributed by atoms with Crippen LogP contribution in [-0.4, -0.2) is 26.2 Å². The first-order valence-corrected chi connectivity index (χ1v) is 7.66. The second-order valence-corrected chi connectivity index (χ2v) is 5.20. The highest BCUT2D eigenvalue weighted by atomic mass is 35.5. The quantitative estimate of drug-likeness (QED) is 0.475. The molecule has 6 heteroatoms. The molecule has 0 N–H and O–H groups in total.